The molecule has 1 aliphatic rings. The quantitative estimate of drug-likeness (QED) is 0.462. The molecule has 0 radical (unpaired) electrons. The van der Waals surface area contributed by atoms with E-state index in [1.165, 1.54) is 12.1 Å². The molecule has 3 heterocycles. The van der Waals surface area contributed by atoms with E-state index in [4.69, 9.17) is 9.72 Å². The molecule has 2 aromatic heterocycles. The van der Waals surface area contributed by atoms with Crippen LogP contribution in [0.4, 0.5) is 16.0 Å². The van der Waals surface area contributed by atoms with Gasteiger partial charge in [-0.15, -0.1) is 0 Å². The Morgan fingerprint density at radius 1 is 0.909 bits per heavy atom. The van der Waals surface area contributed by atoms with E-state index in [1.54, 1.807) is 30.1 Å². The summed E-state index contributed by atoms with van der Waals surface area (Å²) < 4.78 is 20.5. The van der Waals surface area contributed by atoms with Crippen molar-refractivity contribution in [3.05, 3.63) is 78.5 Å². The highest BCUT2D eigenvalue weighted by Gasteiger charge is 2.22. The highest BCUT2D eigenvalue weighted by atomic mass is 19.1. The Morgan fingerprint density at radius 3 is 2.39 bits per heavy atom. The largest absolute Gasteiger partial charge is 0.495 e. The van der Waals surface area contributed by atoms with Gasteiger partial charge in [-0.25, -0.2) is 19.0 Å². The van der Waals surface area contributed by atoms with Gasteiger partial charge in [0.05, 0.1) is 29.9 Å². The predicted molar refractivity (Wildman–Crippen MR) is 127 cm³/mol. The van der Waals surface area contributed by atoms with Crippen LogP contribution < -0.4 is 14.5 Å². The third kappa shape index (κ3) is 4.24. The number of nitrogens with zero attached hydrogens (tertiary/aromatic N) is 6. The summed E-state index contributed by atoms with van der Waals surface area (Å²) >= 11 is 0. The van der Waals surface area contributed by atoms with Crippen molar-refractivity contribution in [3.63, 3.8) is 0 Å². The second-order valence-corrected chi connectivity index (χ2v) is 7.94. The first-order valence-corrected chi connectivity index (χ1v) is 10.9. The minimum Gasteiger partial charge on any atom is -0.495 e. The lowest BCUT2D eigenvalue weighted by molar-refractivity contribution is 0.413. The lowest BCUT2D eigenvalue weighted by Gasteiger charge is -2.36. The summed E-state index contributed by atoms with van der Waals surface area (Å²) in [6.07, 6.45) is 3.72. The normalized spacial score (nSPS) is 13.9. The van der Waals surface area contributed by atoms with Crippen LogP contribution in [0.5, 0.6) is 5.75 Å². The molecule has 1 aliphatic heterocycles. The lowest BCUT2D eigenvalue weighted by atomic mass is 10.2. The fraction of sp³-hybridized carbons (Fsp3) is 0.240. The van der Waals surface area contributed by atoms with Crippen molar-refractivity contribution < 1.29 is 9.13 Å². The number of aromatic nitrogens is 4. The molecule has 7 nitrogen and oxygen atoms in total. The topological polar surface area (TPSA) is 59.3 Å². The van der Waals surface area contributed by atoms with Crippen molar-refractivity contribution in [2.75, 3.05) is 43.1 Å². The zero-order valence-electron chi connectivity index (χ0n) is 18.6. The van der Waals surface area contributed by atoms with Gasteiger partial charge >= 0.3 is 0 Å². The Morgan fingerprint density at radius 2 is 1.64 bits per heavy atom. The Bertz CT molecular complexity index is 1250. The number of hydrogen-bond donors (Lipinski definition) is 0. The molecule has 0 amide bonds. The van der Waals surface area contributed by atoms with E-state index >= 15 is 0 Å². The summed E-state index contributed by atoms with van der Waals surface area (Å²) in [6, 6.07) is 16.3. The molecular weight excluding hydrogens is 419 g/mol. The van der Waals surface area contributed by atoms with Crippen LogP contribution in [0.3, 0.4) is 0 Å². The molecule has 1 saturated heterocycles. The summed E-state index contributed by atoms with van der Waals surface area (Å²) in [5.74, 6) is 1.33. The number of aryl methyl sites for hydroxylation is 1. The highest BCUT2D eigenvalue weighted by molar-refractivity contribution is 5.63. The van der Waals surface area contributed by atoms with E-state index in [0.717, 1.165) is 60.3 Å². The van der Waals surface area contributed by atoms with E-state index in [1.807, 2.05) is 37.4 Å². The zero-order valence-corrected chi connectivity index (χ0v) is 18.6. The molecule has 0 bridgehead atoms. The number of rotatable bonds is 5. The maximum Gasteiger partial charge on any atom is 0.225 e. The van der Waals surface area contributed by atoms with Crippen LogP contribution in [0.15, 0.2) is 67.0 Å². The monoisotopic (exact) mass is 444 g/mol. The molecule has 2 aromatic carbocycles. The predicted octanol–water partition coefficient (Wildman–Crippen LogP) is 4.11. The van der Waals surface area contributed by atoms with Gasteiger partial charge in [-0.3, -0.25) is 0 Å². The van der Waals surface area contributed by atoms with E-state index in [-0.39, 0.29) is 5.82 Å². The Balaban J connectivity index is 1.34. The molecule has 168 valence electrons. The first-order valence-electron chi connectivity index (χ1n) is 10.9. The molecule has 0 atom stereocenters. The molecule has 0 N–H and O–H groups in total. The summed E-state index contributed by atoms with van der Waals surface area (Å²) in [5, 5.41) is 4.59. The average molecular weight is 445 g/mol. The highest BCUT2D eigenvalue weighted by Crippen LogP contribution is 2.29. The summed E-state index contributed by atoms with van der Waals surface area (Å²) in [7, 11) is 1.70. The molecule has 0 unspecified atom stereocenters. The zero-order chi connectivity index (χ0) is 22.8. The van der Waals surface area contributed by atoms with Gasteiger partial charge in [-0.2, -0.15) is 5.10 Å². The second-order valence-electron chi connectivity index (χ2n) is 7.94. The number of piperazine rings is 1. The van der Waals surface area contributed by atoms with Crippen LogP contribution in [-0.2, 0) is 0 Å². The minimum absolute atomic E-state index is 0.269. The van der Waals surface area contributed by atoms with E-state index in [2.05, 4.69) is 25.9 Å². The van der Waals surface area contributed by atoms with Crippen molar-refractivity contribution in [2.24, 2.45) is 0 Å². The number of anilines is 2. The number of para-hydroxylation sites is 2. The van der Waals surface area contributed by atoms with Crippen molar-refractivity contribution in [1.82, 2.24) is 19.7 Å². The number of hydrogen-bond acceptors (Lipinski definition) is 6. The summed E-state index contributed by atoms with van der Waals surface area (Å²) in [4.78, 5) is 13.9. The maximum absolute atomic E-state index is 13.3. The number of ether oxygens (including phenoxy) is 1. The smallest absolute Gasteiger partial charge is 0.225 e. The van der Waals surface area contributed by atoms with Gasteiger partial charge in [-0.05, 0) is 49.4 Å². The third-order valence-corrected chi connectivity index (χ3v) is 5.90. The van der Waals surface area contributed by atoms with E-state index in [0.29, 0.717) is 5.95 Å². The molecule has 0 saturated carbocycles. The Hall–Kier alpha value is -3.94. The summed E-state index contributed by atoms with van der Waals surface area (Å²) in [5.41, 5.74) is 4.50. The fourth-order valence-corrected chi connectivity index (χ4v) is 4.13. The first kappa shape index (κ1) is 20.9. The Kier molecular flexibility index (Phi) is 5.64. The van der Waals surface area contributed by atoms with Crippen molar-refractivity contribution in [1.29, 1.82) is 0 Å². The van der Waals surface area contributed by atoms with Crippen molar-refractivity contribution >= 4 is 11.6 Å². The van der Waals surface area contributed by atoms with Gasteiger partial charge in [0.1, 0.15) is 11.6 Å². The SMILES string of the molecule is COc1ccccc1N1CCN(c2nccc(-c3cn(-c4ccc(F)cc4)nc3C)n2)CC1. The van der Waals surface area contributed by atoms with E-state index in [9.17, 15) is 4.39 Å². The average Bonchev–Trinajstić information content (AvgIpc) is 3.26. The van der Waals surface area contributed by atoms with Crippen LogP contribution in [-0.4, -0.2) is 53.0 Å². The van der Waals surface area contributed by atoms with Gasteiger partial charge in [0.2, 0.25) is 5.95 Å². The van der Waals surface area contributed by atoms with Gasteiger partial charge in [0.15, 0.2) is 0 Å². The van der Waals surface area contributed by atoms with Gasteiger partial charge in [0.25, 0.3) is 0 Å². The molecule has 0 aliphatic carbocycles. The van der Waals surface area contributed by atoms with Crippen LogP contribution in [0.1, 0.15) is 5.69 Å². The summed E-state index contributed by atoms with van der Waals surface area (Å²) in [6.45, 7) is 5.29. The molecule has 8 heteroatoms. The van der Waals surface area contributed by atoms with E-state index < -0.39 is 0 Å². The Labute approximate surface area is 192 Å². The molecule has 4 aromatic rings. The molecular formula is C25H25FN6O. The van der Waals surface area contributed by atoms with Crippen LogP contribution >= 0.6 is 0 Å². The lowest BCUT2D eigenvalue weighted by Crippen LogP contribution is -2.47. The number of halogens is 1. The molecule has 0 spiro atoms. The van der Waals surface area contributed by atoms with Gasteiger partial charge < -0.3 is 14.5 Å². The maximum atomic E-state index is 13.3. The minimum atomic E-state index is -0.269. The van der Waals surface area contributed by atoms with Crippen molar-refractivity contribution in [3.8, 4) is 22.7 Å². The van der Waals surface area contributed by atoms with Crippen molar-refractivity contribution in [2.45, 2.75) is 6.92 Å². The first-order chi connectivity index (χ1) is 16.1. The molecule has 1 fully saturated rings. The van der Waals surface area contributed by atoms with Gasteiger partial charge in [-0.1, -0.05) is 12.1 Å². The van der Waals surface area contributed by atoms with Crippen LogP contribution in [0, 0.1) is 12.7 Å². The standard InChI is InChI=1S/C25H25FN6O/c1-18-21(17-32(29-18)20-9-7-19(26)8-10-20)22-11-12-27-25(28-22)31-15-13-30(14-16-31)23-5-3-4-6-24(23)33-2/h3-12,17H,13-16H2,1-2H3. The molecule has 33 heavy (non-hydrogen) atoms. The van der Waals surface area contributed by atoms with Crippen LogP contribution in [0.25, 0.3) is 16.9 Å². The second kappa shape index (κ2) is 8.90. The fourth-order valence-electron chi connectivity index (χ4n) is 4.13. The molecule has 5 rings (SSSR count). The van der Waals surface area contributed by atoms with Gasteiger partial charge in [0, 0.05) is 44.1 Å². The van der Waals surface area contributed by atoms with Crippen LogP contribution in [0.2, 0.25) is 0 Å². The number of methoxy groups -OCH3 is 1. The number of benzene rings is 2. The third-order valence-electron chi connectivity index (χ3n) is 5.90.